The average molecular weight is 907 g/mol. The molecular weight excluding hydrogens is 862 g/mol. The van der Waals surface area contributed by atoms with E-state index >= 15 is 0 Å². The maximum absolute atomic E-state index is 2.47. The zero-order valence-electron chi connectivity index (χ0n) is 39.6. The summed E-state index contributed by atoms with van der Waals surface area (Å²) < 4.78 is 0. The van der Waals surface area contributed by atoms with Crippen LogP contribution in [0.2, 0.25) is 0 Å². The van der Waals surface area contributed by atoms with Crippen molar-refractivity contribution < 1.29 is 0 Å². The third kappa shape index (κ3) is 6.15. The van der Waals surface area contributed by atoms with Gasteiger partial charge in [0.15, 0.2) is 0 Å². The molecule has 0 saturated heterocycles. The van der Waals surface area contributed by atoms with Gasteiger partial charge in [0.1, 0.15) is 0 Å². The van der Waals surface area contributed by atoms with E-state index in [0.717, 1.165) is 0 Å². The number of benzene rings is 12. The summed E-state index contributed by atoms with van der Waals surface area (Å²) >= 11 is 0. The van der Waals surface area contributed by atoms with E-state index in [0.29, 0.717) is 0 Å². The topological polar surface area (TPSA) is 0 Å². The smallest absolute Gasteiger partial charge is 0.0663 e. The fourth-order valence-corrected chi connectivity index (χ4v) is 13.0. The molecule has 15 rings (SSSR count). The zero-order chi connectivity index (χ0) is 47.3. The second-order valence-corrected chi connectivity index (χ2v) is 19.7. The van der Waals surface area contributed by atoms with Crippen molar-refractivity contribution in [3.05, 3.63) is 267 Å². The van der Waals surface area contributed by atoms with E-state index < -0.39 is 0 Å². The zero-order valence-corrected chi connectivity index (χ0v) is 39.6. The summed E-state index contributed by atoms with van der Waals surface area (Å²) in [6, 6.07) is 100. The van der Waals surface area contributed by atoms with Crippen molar-refractivity contribution in [1.82, 2.24) is 0 Å². The Morgan fingerprint density at radius 2 is 0.486 bits per heavy atom. The second kappa shape index (κ2) is 16.3. The molecular formula is C70H44B2. The molecule has 2 aliphatic heterocycles. The predicted octanol–water partition coefficient (Wildman–Crippen LogP) is 13.8. The molecule has 0 saturated carbocycles. The maximum Gasteiger partial charge on any atom is 0.244 e. The second-order valence-electron chi connectivity index (χ2n) is 19.7. The van der Waals surface area contributed by atoms with Gasteiger partial charge in [-0.1, -0.05) is 275 Å². The molecule has 72 heavy (non-hydrogen) atoms. The van der Waals surface area contributed by atoms with E-state index in [1.807, 2.05) is 0 Å². The van der Waals surface area contributed by atoms with E-state index in [9.17, 15) is 0 Å². The van der Waals surface area contributed by atoms with E-state index in [-0.39, 0.29) is 13.4 Å². The van der Waals surface area contributed by atoms with Gasteiger partial charge in [-0.15, -0.1) is 0 Å². The summed E-state index contributed by atoms with van der Waals surface area (Å²) in [4.78, 5) is 0. The Bertz CT molecular complexity index is 3720. The van der Waals surface area contributed by atoms with Crippen LogP contribution in [0, 0.1) is 0 Å². The highest BCUT2D eigenvalue weighted by Gasteiger charge is 2.45. The van der Waals surface area contributed by atoms with Crippen LogP contribution in [0.1, 0.15) is 0 Å². The fraction of sp³-hybridized carbons (Fsp3) is 0. The van der Waals surface area contributed by atoms with Crippen molar-refractivity contribution in [1.29, 1.82) is 0 Å². The lowest BCUT2D eigenvalue weighted by Crippen LogP contribution is -2.50. The van der Waals surface area contributed by atoms with Gasteiger partial charge in [-0.05, 0) is 135 Å². The molecule has 0 unspecified atom stereocenters. The van der Waals surface area contributed by atoms with Gasteiger partial charge in [-0.3, -0.25) is 0 Å². The molecule has 2 heterocycles. The van der Waals surface area contributed by atoms with Crippen LogP contribution in [-0.2, 0) is 0 Å². The normalized spacial score (nSPS) is 12.4. The molecule has 0 bridgehead atoms. The number of hydrogen-bond acceptors (Lipinski definition) is 0. The fourth-order valence-electron chi connectivity index (χ4n) is 13.0. The van der Waals surface area contributed by atoms with Gasteiger partial charge >= 0.3 is 0 Å². The van der Waals surface area contributed by atoms with Crippen LogP contribution in [0.4, 0.5) is 0 Å². The first-order valence-corrected chi connectivity index (χ1v) is 25.3. The highest BCUT2D eigenvalue weighted by Crippen LogP contribution is 2.50. The van der Waals surface area contributed by atoms with Gasteiger partial charge in [-0.2, -0.15) is 0 Å². The molecule has 0 spiro atoms. The maximum atomic E-state index is 2.47. The average Bonchev–Trinajstić information content (AvgIpc) is 3.94. The van der Waals surface area contributed by atoms with Crippen LogP contribution in [0.15, 0.2) is 267 Å². The summed E-state index contributed by atoms with van der Waals surface area (Å²) in [6.07, 6.45) is 0. The molecule has 0 aromatic heterocycles. The lowest BCUT2D eigenvalue weighted by atomic mass is 9.36. The van der Waals surface area contributed by atoms with Crippen molar-refractivity contribution in [2.45, 2.75) is 0 Å². The Labute approximate surface area is 421 Å². The number of rotatable bonds is 8. The molecule has 0 amide bonds. The Morgan fingerprint density at radius 3 is 0.806 bits per heavy atom. The van der Waals surface area contributed by atoms with Gasteiger partial charge < -0.3 is 0 Å². The van der Waals surface area contributed by atoms with Crippen molar-refractivity contribution in [3.63, 3.8) is 0 Å². The third-order valence-electron chi connectivity index (χ3n) is 16.0. The first-order valence-electron chi connectivity index (χ1n) is 25.3. The first kappa shape index (κ1) is 40.9. The Balaban J connectivity index is 1.05. The number of fused-ring (bicyclic) bond motifs is 1. The van der Waals surface area contributed by atoms with Gasteiger partial charge in [-0.25, -0.2) is 0 Å². The van der Waals surface area contributed by atoms with Crippen LogP contribution in [0.3, 0.4) is 0 Å². The minimum atomic E-state index is -0.0210. The van der Waals surface area contributed by atoms with Crippen LogP contribution in [0.5, 0.6) is 0 Å². The SMILES string of the molecule is c1ccc(-c2cc(-c3ccccc3)c(B3c4cccc5c4-c4c3ccc3ccc6c(c43)-c3c(cccc3-5)B6c3c(-c4ccccc4)cc(-c4ccccc4)cc3-c3ccccc3)c(-c3ccccc3)c2)cc1. The van der Waals surface area contributed by atoms with Crippen LogP contribution < -0.4 is 32.8 Å². The summed E-state index contributed by atoms with van der Waals surface area (Å²) in [6.45, 7) is -0.0421. The monoisotopic (exact) mass is 906 g/mol. The minimum absolute atomic E-state index is 0.0210. The van der Waals surface area contributed by atoms with Crippen LogP contribution in [-0.4, -0.2) is 13.4 Å². The third-order valence-corrected chi connectivity index (χ3v) is 16.0. The molecule has 330 valence electrons. The lowest BCUT2D eigenvalue weighted by molar-refractivity contribution is 1.58. The molecule has 12 aromatic carbocycles. The van der Waals surface area contributed by atoms with Gasteiger partial charge in [0, 0.05) is 0 Å². The van der Waals surface area contributed by atoms with Crippen LogP contribution >= 0.6 is 0 Å². The molecule has 2 heteroatoms. The minimum Gasteiger partial charge on any atom is -0.0663 e. The molecule has 0 nitrogen and oxygen atoms in total. The van der Waals surface area contributed by atoms with Gasteiger partial charge in [0.2, 0.25) is 13.4 Å². The lowest BCUT2D eigenvalue weighted by Gasteiger charge is -2.24. The summed E-state index contributed by atoms with van der Waals surface area (Å²) in [5.74, 6) is 0. The number of hydrogen-bond donors (Lipinski definition) is 0. The van der Waals surface area contributed by atoms with E-state index in [4.69, 9.17) is 0 Å². The molecule has 1 aliphatic carbocycles. The summed E-state index contributed by atoms with van der Waals surface area (Å²) in [5.41, 5.74) is 31.2. The quantitative estimate of drug-likeness (QED) is 0.133. The largest absolute Gasteiger partial charge is 0.244 e. The van der Waals surface area contributed by atoms with Crippen molar-refractivity contribution in [2.24, 2.45) is 0 Å². The van der Waals surface area contributed by atoms with Crippen molar-refractivity contribution in [3.8, 4) is 100 Å². The standard InChI is InChI=1S/C70H44B2/c1-7-21-45(22-8-1)52-41-56(47-25-11-3-12-26-47)69(57(42-52)48-27-13-4-14-28-48)71-60-35-19-33-54-55-34-20-36-61-66(55)68-63(40-38-51-37-39-62(71)67(64(51)68)65(54)60)72(61)70-58(49-29-15-5-16-30-49)43-53(46-23-9-2-10-24-46)44-59(70)50-31-17-6-18-32-50/h1-44H. The molecule has 0 radical (unpaired) electrons. The molecule has 0 atom stereocenters. The molecule has 0 fully saturated rings. The molecule has 3 aliphatic rings. The van der Waals surface area contributed by atoms with E-state index in [1.165, 1.54) is 144 Å². The molecule has 0 N–H and O–H groups in total. The van der Waals surface area contributed by atoms with Gasteiger partial charge in [0.25, 0.3) is 0 Å². The van der Waals surface area contributed by atoms with Gasteiger partial charge in [0.05, 0.1) is 0 Å². The molecule has 12 aromatic rings. The first-order chi connectivity index (χ1) is 35.8. The summed E-state index contributed by atoms with van der Waals surface area (Å²) in [7, 11) is 0. The van der Waals surface area contributed by atoms with E-state index in [2.05, 4.69) is 267 Å². The Kier molecular flexibility index (Phi) is 9.26. The highest BCUT2D eigenvalue weighted by atomic mass is 14.3. The summed E-state index contributed by atoms with van der Waals surface area (Å²) in [5, 5.41) is 2.66. The van der Waals surface area contributed by atoms with Crippen molar-refractivity contribution in [2.75, 3.05) is 0 Å². The van der Waals surface area contributed by atoms with E-state index in [1.54, 1.807) is 0 Å². The Morgan fingerprint density at radius 1 is 0.194 bits per heavy atom. The predicted molar refractivity (Wildman–Crippen MR) is 309 cm³/mol. The van der Waals surface area contributed by atoms with Crippen molar-refractivity contribution >= 4 is 57.0 Å². The van der Waals surface area contributed by atoms with Crippen LogP contribution in [0.25, 0.3) is 111 Å². The highest BCUT2D eigenvalue weighted by molar-refractivity contribution is 7.02. The Hall–Kier alpha value is -8.97.